The van der Waals surface area contributed by atoms with E-state index in [1.807, 2.05) is 32.9 Å². The minimum atomic E-state index is -0.664. The minimum Gasteiger partial charge on any atom is -0.493 e. The Labute approximate surface area is 198 Å². The van der Waals surface area contributed by atoms with E-state index in [1.165, 1.54) is 0 Å². The predicted molar refractivity (Wildman–Crippen MR) is 121 cm³/mol. The number of Topliss-reactive ketones (excluding diaryl/α,β-unsaturated/α-hetero) is 1. The lowest BCUT2D eigenvalue weighted by molar-refractivity contribution is -0.173. The van der Waals surface area contributed by atoms with E-state index in [1.54, 1.807) is 26.4 Å². The van der Waals surface area contributed by atoms with Gasteiger partial charge in [-0.15, -0.1) is 0 Å². The van der Waals surface area contributed by atoms with Crippen LogP contribution < -0.4 is 23.7 Å². The van der Waals surface area contributed by atoms with Gasteiger partial charge in [-0.3, -0.25) is 4.79 Å². The first-order chi connectivity index (χ1) is 16.2. The van der Waals surface area contributed by atoms with E-state index < -0.39 is 23.4 Å². The number of carbonyl (C=O) groups is 1. The number of carbonyl (C=O) groups excluding carboxylic acids is 1. The van der Waals surface area contributed by atoms with Crippen molar-refractivity contribution in [3.63, 3.8) is 0 Å². The van der Waals surface area contributed by atoms with Gasteiger partial charge in [-0.25, -0.2) is 0 Å². The van der Waals surface area contributed by atoms with Crippen LogP contribution in [0.1, 0.15) is 48.2 Å². The standard InChI is InChI=1S/C26H28O8/c1-25(2)31-12-26(3,34-25)21-9-15-16(32-21)7-6-13-23(27)22-14-8-18(28-4)19(29-5)10-17(14)30-11-20(22)33-24(13)15/h6-8,10,20-22H,9,11-12H2,1-5H3/t20-,21-,22+,26?/m1/s1. The molecule has 0 spiro atoms. The summed E-state index contributed by atoms with van der Waals surface area (Å²) >= 11 is 0. The maximum Gasteiger partial charge on any atom is 0.178 e. The molecule has 4 atom stereocenters. The zero-order valence-electron chi connectivity index (χ0n) is 19.9. The Morgan fingerprint density at radius 2 is 1.76 bits per heavy atom. The Bertz CT molecular complexity index is 1190. The monoisotopic (exact) mass is 468 g/mol. The Kier molecular flexibility index (Phi) is 4.60. The highest BCUT2D eigenvalue weighted by Crippen LogP contribution is 2.51. The number of ketones is 1. The van der Waals surface area contributed by atoms with Crippen molar-refractivity contribution in [1.29, 1.82) is 0 Å². The number of hydrogen-bond acceptors (Lipinski definition) is 8. The molecule has 4 heterocycles. The largest absolute Gasteiger partial charge is 0.493 e. The molecule has 0 N–H and O–H groups in total. The molecule has 6 rings (SSSR count). The summed E-state index contributed by atoms with van der Waals surface area (Å²) in [6, 6.07) is 7.22. The number of ether oxygens (including phenoxy) is 7. The third kappa shape index (κ3) is 3.08. The number of hydrogen-bond donors (Lipinski definition) is 0. The maximum absolute atomic E-state index is 13.8. The smallest absolute Gasteiger partial charge is 0.178 e. The van der Waals surface area contributed by atoms with Gasteiger partial charge in [-0.2, -0.15) is 0 Å². The van der Waals surface area contributed by atoms with Gasteiger partial charge in [0, 0.05) is 23.6 Å². The summed E-state index contributed by atoms with van der Waals surface area (Å²) in [7, 11) is 3.14. The third-order valence-electron chi connectivity index (χ3n) is 7.19. The van der Waals surface area contributed by atoms with Crippen molar-refractivity contribution in [3.05, 3.63) is 41.0 Å². The number of rotatable bonds is 3. The molecule has 0 saturated carbocycles. The van der Waals surface area contributed by atoms with Crippen LogP contribution in [-0.4, -0.2) is 56.8 Å². The topological polar surface area (TPSA) is 81.7 Å². The highest BCUT2D eigenvalue weighted by atomic mass is 16.8. The molecule has 0 radical (unpaired) electrons. The second-order valence-corrected chi connectivity index (χ2v) is 9.89. The van der Waals surface area contributed by atoms with Gasteiger partial charge in [0.1, 0.15) is 41.7 Å². The molecule has 4 aliphatic heterocycles. The SMILES string of the molecule is COc1cc2c(cc1OC)[C@@H]1C(=O)c3ccc4c(c3O[C@@H]1CO2)C[C@H](C1(C)COC(C)(C)O1)O4. The van der Waals surface area contributed by atoms with Crippen molar-refractivity contribution in [2.75, 3.05) is 27.4 Å². The zero-order chi connectivity index (χ0) is 23.8. The molecule has 1 saturated heterocycles. The van der Waals surface area contributed by atoms with Gasteiger partial charge in [-0.1, -0.05) is 0 Å². The highest BCUT2D eigenvalue weighted by molar-refractivity contribution is 6.06. The quantitative estimate of drug-likeness (QED) is 0.675. The number of fused-ring (bicyclic) bond motifs is 6. The highest BCUT2D eigenvalue weighted by Gasteiger charge is 2.52. The summed E-state index contributed by atoms with van der Waals surface area (Å²) in [4.78, 5) is 13.8. The van der Waals surface area contributed by atoms with Gasteiger partial charge >= 0.3 is 0 Å². The molecule has 0 bridgehead atoms. The zero-order valence-corrected chi connectivity index (χ0v) is 19.9. The molecule has 8 nitrogen and oxygen atoms in total. The fourth-order valence-electron chi connectivity index (χ4n) is 5.50. The van der Waals surface area contributed by atoms with E-state index in [0.717, 1.165) is 11.1 Å². The summed E-state index contributed by atoms with van der Waals surface area (Å²) in [6.07, 6.45) is -0.120. The van der Waals surface area contributed by atoms with E-state index >= 15 is 0 Å². The van der Waals surface area contributed by atoms with Crippen molar-refractivity contribution >= 4 is 5.78 Å². The number of methoxy groups -OCH3 is 2. The van der Waals surface area contributed by atoms with Crippen LogP contribution in [0.25, 0.3) is 0 Å². The van der Waals surface area contributed by atoms with E-state index in [0.29, 0.717) is 47.3 Å². The minimum absolute atomic E-state index is 0.00191. The molecule has 1 unspecified atom stereocenters. The molecular formula is C26H28O8. The Morgan fingerprint density at radius 1 is 1.00 bits per heavy atom. The Hall–Kier alpha value is -2.97. The Balaban J connectivity index is 1.35. The first-order valence-corrected chi connectivity index (χ1v) is 11.5. The Morgan fingerprint density at radius 3 is 2.47 bits per heavy atom. The molecule has 34 heavy (non-hydrogen) atoms. The fourth-order valence-corrected chi connectivity index (χ4v) is 5.50. The van der Waals surface area contributed by atoms with Crippen LogP contribution in [0.5, 0.6) is 28.7 Å². The molecule has 1 fully saturated rings. The van der Waals surface area contributed by atoms with Gasteiger partial charge in [0.15, 0.2) is 23.1 Å². The van der Waals surface area contributed by atoms with E-state index in [4.69, 9.17) is 33.2 Å². The first-order valence-electron chi connectivity index (χ1n) is 11.5. The molecule has 4 aliphatic rings. The van der Waals surface area contributed by atoms with Crippen molar-refractivity contribution < 1.29 is 38.0 Å². The first kappa shape index (κ1) is 21.6. The molecule has 180 valence electrons. The van der Waals surface area contributed by atoms with E-state index in [-0.39, 0.29) is 18.5 Å². The summed E-state index contributed by atoms with van der Waals surface area (Å²) in [5.41, 5.74) is 1.59. The lowest BCUT2D eigenvalue weighted by Crippen LogP contribution is -2.46. The molecule has 0 amide bonds. The summed E-state index contributed by atoms with van der Waals surface area (Å²) < 4.78 is 41.6. The second kappa shape index (κ2) is 7.26. The van der Waals surface area contributed by atoms with E-state index in [2.05, 4.69) is 0 Å². The van der Waals surface area contributed by atoms with Gasteiger partial charge in [0.2, 0.25) is 0 Å². The molecule has 8 heteroatoms. The molecular weight excluding hydrogens is 440 g/mol. The molecule has 2 aromatic carbocycles. The summed E-state index contributed by atoms with van der Waals surface area (Å²) in [5.74, 6) is 1.86. The van der Waals surface area contributed by atoms with Crippen LogP contribution in [0.4, 0.5) is 0 Å². The number of benzene rings is 2. The van der Waals surface area contributed by atoms with Crippen LogP contribution in [0.2, 0.25) is 0 Å². The van der Waals surface area contributed by atoms with Crippen LogP contribution in [0.3, 0.4) is 0 Å². The van der Waals surface area contributed by atoms with Crippen molar-refractivity contribution in [1.82, 2.24) is 0 Å². The second-order valence-electron chi connectivity index (χ2n) is 9.89. The molecule has 2 aromatic rings. The average molecular weight is 469 g/mol. The van der Waals surface area contributed by atoms with Crippen LogP contribution >= 0.6 is 0 Å². The van der Waals surface area contributed by atoms with Crippen molar-refractivity contribution in [3.8, 4) is 28.7 Å². The van der Waals surface area contributed by atoms with E-state index in [9.17, 15) is 4.79 Å². The van der Waals surface area contributed by atoms with Crippen molar-refractivity contribution in [2.45, 2.75) is 56.7 Å². The fraction of sp³-hybridized carbons (Fsp3) is 0.500. The van der Waals surface area contributed by atoms with Gasteiger partial charge in [0.05, 0.1) is 32.3 Å². The summed E-state index contributed by atoms with van der Waals surface area (Å²) in [6.45, 7) is 6.49. The van der Waals surface area contributed by atoms with Crippen LogP contribution in [0, 0.1) is 0 Å². The van der Waals surface area contributed by atoms with Gasteiger partial charge in [-0.05, 0) is 39.0 Å². The molecule has 0 aliphatic carbocycles. The third-order valence-corrected chi connectivity index (χ3v) is 7.19. The van der Waals surface area contributed by atoms with Gasteiger partial charge in [0.25, 0.3) is 0 Å². The van der Waals surface area contributed by atoms with Gasteiger partial charge < -0.3 is 33.2 Å². The van der Waals surface area contributed by atoms with Crippen LogP contribution in [-0.2, 0) is 15.9 Å². The maximum atomic E-state index is 13.8. The predicted octanol–water partition coefficient (Wildman–Crippen LogP) is 3.67. The van der Waals surface area contributed by atoms with Crippen molar-refractivity contribution in [2.24, 2.45) is 0 Å². The average Bonchev–Trinajstić information content (AvgIpc) is 3.39. The molecule has 0 aromatic heterocycles. The lowest BCUT2D eigenvalue weighted by atomic mass is 9.81. The normalized spacial score (nSPS) is 30.1. The van der Waals surface area contributed by atoms with Crippen LogP contribution in [0.15, 0.2) is 24.3 Å². The summed E-state index contributed by atoms with van der Waals surface area (Å²) in [5, 5.41) is 0. The lowest BCUT2D eigenvalue weighted by Gasteiger charge is -2.37.